The number of methoxy groups -OCH3 is 1. The van der Waals surface area contributed by atoms with Crippen LogP contribution in [-0.4, -0.2) is 22.6 Å². The van der Waals surface area contributed by atoms with Crippen LogP contribution in [0.3, 0.4) is 0 Å². The molecule has 0 aliphatic heterocycles. The number of primary amides is 1. The fraction of sp³-hybridized carbons (Fsp3) is 0.235. The van der Waals surface area contributed by atoms with Crippen LogP contribution in [0, 0.1) is 6.92 Å². The highest BCUT2D eigenvalue weighted by Gasteiger charge is 2.21. The topological polar surface area (TPSA) is 107 Å². The molecule has 0 saturated heterocycles. The van der Waals surface area contributed by atoms with Crippen LogP contribution >= 0.6 is 11.3 Å². The lowest BCUT2D eigenvalue weighted by Gasteiger charge is -2.11. The lowest BCUT2D eigenvalue weighted by molar-refractivity contribution is -0.120. The fourth-order valence-electron chi connectivity index (χ4n) is 2.77. The summed E-state index contributed by atoms with van der Waals surface area (Å²) in [6.45, 7) is 3.33. The Kier molecular flexibility index (Phi) is 4.22. The fourth-order valence-corrected chi connectivity index (χ4v) is 3.72. The van der Waals surface area contributed by atoms with E-state index in [9.17, 15) is 14.4 Å². The molecule has 0 saturated carbocycles. The summed E-state index contributed by atoms with van der Waals surface area (Å²) >= 11 is 1.27. The maximum atomic E-state index is 12.9. The third-order valence-electron chi connectivity index (χ3n) is 4.17. The first-order valence-electron chi connectivity index (χ1n) is 7.55. The van der Waals surface area contributed by atoms with Gasteiger partial charge in [0, 0.05) is 10.9 Å². The van der Waals surface area contributed by atoms with E-state index in [1.165, 1.54) is 18.3 Å². The molecule has 8 heteroatoms. The predicted octanol–water partition coefficient (Wildman–Crippen LogP) is 1.78. The number of aryl methyl sites for hydroxylation is 1. The molecular weight excluding hydrogens is 342 g/mol. The van der Waals surface area contributed by atoms with Gasteiger partial charge < -0.3 is 10.5 Å². The monoisotopic (exact) mass is 359 g/mol. The highest BCUT2D eigenvalue weighted by atomic mass is 32.1. The van der Waals surface area contributed by atoms with Crippen molar-refractivity contribution in [2.24, 2.45) is 5.73 Å². The zero-order valence-corrected chi connectivity index (χ0v) is 14.8. The standard InChI is InChI=1S/C17H17N3O4S/c1-8-6-10(4-5-12(8)24-3)11-7-25-15-13(11)16(22)20(17(23)19-15)9(2)14(18)21/h4-7,9H,1-3H3,(H2,18,21)(H,19,23). The number of carbonyl (C=O) groups is 1. The summed E-state index contributed by atoms with van der Waals surface area (Å²) in [6, 6.07) is 4.54. The van der Waals surface area contributed by atoms with Crippen molar-refractivity contribution in [2.75, 3.05) is 7.11 Å². The van der Waals surface area contributed by atoms with E-state index in [0.29, 0.717) is 15.8 Å². The van der Waals surface area contributed by atoms with E-state index in [1.54, 1.807) is 7.11 Å². The second kappa shape index (κ2) is 6.21. The second-order valence-corrected chi connectivity index (χ2v) is 6.60. The Balaban J connectivity index is 2.30. The molecule has 0 bridgehead atoms. The van der Waals surface area contributed by atoms with Gasteiger partial charge in [0.25, 0.3) is 5.56 Å². The van der Waals surface area contributed by atoms with E-state index in [-0.39, 0.29) is 0 Å². The third-order valence-corrected chi connectivity index (χ3v) is 5.06. The molecule has 1 aromatic carbocycles. The Morgan fingerprint density at radius 2 is 2.08 bits per heavy atom. The van der Waals surface area contributed by atoms with Gasteiger partial charge in [0.15, 0.2) is 0 Å². The maximum absolute atomic E-state index is 12.9. The smallest absolute Gasteiger partial charge is 0.330 e. The normalized spacial score (nSPS) is 12.3. The minimum atomic E-state index is -1.04. The molecule has 0 radical (unpaired) electrons. The molecule has 2 heterocycles. The van der Waals surface area contributed by atoms with E-state index in [4.69, 9.17) is 10.5 Å². The molecule has 25 heavy (non-hydrogen) atoms. The number of amides is 1. The lowest BCUT2D eigenvalue weighted by atomic mass is 10.0. The zero-order chi connectivity index (χ0) is 18.3. The molecule has 0 aliphatic rings. The molecule has 7 nitrogen and oxygen atoms in total. The molecule has 0 aliphatic carbocycles. The third kappa shape index (κ3) is 2.74. The van der Waals surface area contributed by atoms with E-state index < -0.39 is 23.2 Å². The summed E-state index contributed by atoms with van der Waals surface area (Å²) in [5, 5.41) is 2.17. The zero-order valence-electron chi connectivity index (χ0n) is 14.0. The summed E-state index contributed by atoms with van der Waals surface area (Å²) in [4.78, 5) is 39.6. The molecule has 3 rings (SSSR count). The summed E-state index contributed by atoms with van der Waals surface area (Å²) in [5.74, 6) is 0.000440. The Hall–Kier alpha value is -2.87. The van der Waals surface area contributed by atoms with Crippen molar-refractivity contribution in [3.63, 3.8) is 0 Å². The van der Waals surface area contributed by atoms with Gasteiger partial charge in [0.05, 0.1) is 12.5 Å². The number of fused-ring (bicyclic) bond motifs is 1. The van der Waals surface area contributed by atoms with Crippen LogP contribution in [0.15, 0.2) is 33.2 Å². The molecule has 1 atom stereocenters. The summed E-state index contributed by atoms with van der Waals surface area (Å²) in [7, 11) is 1.59. The van der Waals surface area contributed by atoms with Gasteiger partial charge in [-0.15, -0.1) is 11.3 Å². The minimum absolute atomic E-state index is 0.363. The maximum Gasteiger partial charge on any atom is 0.330 e. The minimum Gasteiger partial charge on any atom is -0.496 e. The number of ether oxygens (including phenoxy) is 1. The average molecular weight is 359 g/mol. The lowest BCUT2D eigenvalue weighted by Crippen LogP contribution is -2.41. The van der Waals surface area contributed by atoms with Gasteiger partial charge in [-0.1, -0.05) is 6.07 Å². The quantitative estimate of drug-likeness (QED) is 0.740. The van der Waals surface area contributed by atoms with Gasteiger partial charge in [0.2, 0.25) is 5.91 Å². The van der Waals surface area contributed by atoms with E-state index in [0.717, 1.165) is 21.4 Å². The van der Waals surface area contributed by atoms with Crippen LogP contribution in [0.1, 0.15) is 18.5 Å². The number of benzene rings is 1. The molecule has 1 amide bonds. The molecule has 2 aromatic heterocycles. The van der Waals surface area contributed by atoms with Crippen LogP contribution in [0.5, 0.6) is 5.75 Å². The van der Waals surface area contributed by atoms with E-state index in [1.807, 2.05) is 30.5 Å². The van der Waals surface area contributed by atoms with Crippen LogP contribution in [0.25, 0.3) is 21.3 Å². The predicted molar refractivity (Wildman–Crippen MR) is 97.3 cm³/mol. The number of rotatable bonds is 4. The molecule has 0 spiro atoms. The largest absolute Gasteiger partial charge is 0.496 e. The first-order valence-corrected chi connectivity index (χ1v) is 8.43. The molecule has 3 N–H and O–H groups in total. The average Bonchev–Trinajstić information content (AvgIpc) is 2.98. The van der Waals surface area contributed by atoms with Crippen molar-refractivity contribution in [3.8, 4) is 16.9 Å². The van der Waals surface area contributed by atoms with Crippen molar-refractivity contribution < 1.29 is 9.53 Å². The molecule has 130 valence electrons. The number of aromatic nitrogens is 2. The number of aromatic amines is 1. The van der Waals surface area contributed by atoms with Crippen molar-refractivity contribution in [1.82, 2.24) is 9.55 Å². The van der Waals surface area contributed by atoms with Gasteiger partial charge in [-0.2, -0.15) is 0 Å². The summed E-state index contributed by atoms with van der Waals surface area (Å²) in [5.41, 5.74) is 6.52. The van der Waals surface area contributed by atoms with E-state index >= 15 is 0 Å². The van der Waals surface area contributed by atoms with E-state index in [2.05, 4.69) is 4.98 Å². The SMILES string of the molecule is COc1ccc(-c2csc3[nH]c(=O)n(C(C)C(N)=O)c(=O)c23)cc1C. The number of H-pyrrole nitrogens is 1. The molecular formula is C17H17N3O4S. The van der Waals surface area contributed by atoms with Gasteiger partial charge in [0.1, 0.15) is 16.6 Å². The first-order chi connectivity index (χ1) is 11.8. The molecule has 0 fully saturated rings. The number of carbonyl (C=O) groups excluding carboxylic acids is 1. The van der Waals surface area contributed by atoms with Crippen molar-refractivity contribution in [1.29, 1.82) is 0 Å². The highest BCUT2D eigenvalue weighted by Crippen LogP contribution is 2.32. The van der Waals surface area contributed by atoms with Gasteiger partial charge in [-0.3, -0.25) is 14.6 Å². The van der Waals surface area contributed by atoms with Gasteiger partial charge in [-0.05, 0) is 37.1 Å². The molecule has 1 unspecified atom stereocenters. The van der Waals surface area contributed by atoms with Crippen LogP contribution in [0.2, 0.25) is 0 Å². The number of nitrogens with one attached hydrogen (secondary N) is 1. The number of nitrogens with zero attached hydrogens (tertiary/aromatic N) is 1. The highest BCUT2D eigenvalue weighted by molar-refractivity contribution is 7.17. The first kappa shape index (κ1) is 17.0. The second-order valence-electron chi connectivity index (χ2n) is 5.72. The van der Waals surface area contributed by atoms with Crippen molar-refractivity contribution in [3.05, 3.63) is 50.0 Å². The van der Waals surface area contributed by atoms with Gasteiger partial charge in [-0.25, -0.2) is 9.36 Å². The summed E-state index contributed by atoms with van der Waals surface area (Å²) < 4.78 is 6.12. The number of hydrogen-bond donors (Lipinski definition) is 2. The number of hydrogen-bond acceptors (Lipinski definition) is 5. The Morgan fingerprint density at radius 3 is 2.68 bits per heavy atom. The van der Waals surface area contributed by atoms with Gasteiger partial charge >= 0.3 is 5.69 Å². The Labute approximate surface area is 146 Å². The van der Waals surface area contributed by atoms with Crippen LogP contribution in [0.4, 0.5) is 0 Å². The van der Waals surface area contributed by atoms with Crippen LogP contribution in [-0.2, 0) is 4.79 Å². The Morgan fingerprint density at radius 1 is 1.36 bits per heavy atom. The summed E-state index contributed by atoms with van der Waals surface area (Å²) in [6.07, 6.45) is 0. The molecule has 3 aromatic rings. The van der Waals surface area contributed by atoms with Crippen LogP contribution < -0.4 is 21.7 Å². The van der Waals surface area contributed by atoms with Crippen molar-refractivity contribution >= 4 is 27.5 Å². The Bertz CT molecular complexity index is 1090. The number of thiophene rings is 1. The van der Waals surface area contributed by atoms with Crippen molar-refractivity contribution in [2.45, 2.75) is 19.9 Å². The number of nitrogens with two attached hydrogens (primary N) is 1.